The highest BCUT2D eigenvalue weighted by Crippen LogP contribution is 2.30. The van der Waals surface area contributed by atoms with Gasteiger partial charge in [-0.2, -0.15) is 5.21 Å². The molecule has 0 radical (unpaired) electrons. The number of aromatic amines is 1. The number of H-pyrrole nitrogens is 1. The van der Waals surface area contributed by atoms with Crippen molar-refractivity contribution >= 4 is 5.91 Å². The monoisotopic (exact) mass is 494 g/mol. The molecular formula is C26H28F2N6O2. The van der Waals surface area contributed by atoms with Crippen molar-refractivity contribution in [1.29, 1.82) is 0 Å². The predicted octanol–water partition coefficient (Wildman–Crippen LogP) is 5.27. The summed E-state index contributed by atoms with van der Waals surface area (Å²) in [6, 6.07) is 15.2. The SMILES string of the molecule is CCCCc1c(C(F)F)n(C(=O)CCC)c(=O)n1Cc1ccc(-c2ccccc2-c2nn[nH]n2)cc1. The van der Waals surface area contributed by atoms with Crippen molar-refractivity contribution in [2.45, 2.75) is 58.9 Å². The van der Waals surface area contributed by atoms with Crippen LogP contribution in [-0.4, -0.2) is 35.7 Å². The number of benzene rings is 2. The van der Waals surface area contributed by atoms with E-state index < -0.39 is 23.7 Å². The Morgan fingerprint density at radius 2 is 1.75 bits per heavy atom. The molecule has 2 aromatic heterocycles. The van der Waals surface area contributed by atoms with E-state index in [2.05, 4.69) is 20.6 Å². The van der Waals surface area contributed by atoms with Crippen LogP contribution in [0.3, 0.4) is 0 Å². The summed E-state index contributed by atoms with van der Waals surface area (Å²) in [6.07, 6.45) is -0.707. The van der Waals surface area contributed by atoms with Crippen LogP contribution in [0.2, 0.25) is 0 Å². The molecule has 4 rings (SSSR count). The minimum atomic E-state index is -2.92. The summed E-state index contributed by atoms with van der Waals surface area (Å²) in [7, 11) is 0. The van der Waals surface area contributed by atoms with Crippen LogP contribution in [-0.2, 0) is 13.0 Å². The second-order valence-electron chi connectivity index (χ2n) is 8.56. The standard InChI is InChI=1S/C26H28F2N6O2/c1-3-5-11-21-23(24(27)28)34(22(35)8-4-2)26(36)33(21)16-17-12-14-18(15-13-17)19-9-6-7-10-20(19)25-29-31-32-30-25/h6-7,9-10,12-15,24H,3-5,8,11,16H2,1-2H3,(H,29,30,31,32). The molecule has 0 unspecified atom stereocenters. The molecule has 188 valence electrons. The highest BCUT2D eigenvalue weighted by molar-refractivity contribution is 5.80. The van der Waals surface area contributed by atoms with Crippen LogP contribution in [0.5, 0.6) is 0 Å². The number of hydrogen-bond donors (Lipinski definition) is 1. The third-order valence-electron chi connectivity index (χ3n) is 6.09. The number of unbranched alkanes of at least 4 members (excludes halogenated alkanes) is 1. The Bertz CT molecular complexity index is 1370. The van der Waals surface area contributed by atoms with Gasteiger partial charge in [0, 0.05) is 17.7 Å². The number of rotatable bonds is 10. The minimum absolute atomic E-state index is 0.0331. The van der Waals surface area contributed by atoms with Crippen molar-refractivity contribution in [1.82, 2.24) is 29.8 Å². The van der Waals surface area contributed by atoms with Crippen LogP contribution < -0.4 is 5.69 Å². The van der Waals surface area contributed by atoms with Crippen LogP contribution in [0.15, 0.2) is 53.3 Å². The molecular weight excluding hydrogens is 466 g/mol. The van der Waals surface area contributed by atoms with E-state index in [1.54, 1.807) is 6.92 Å². The second-order valence-corrected chi connectivity index (χ2v) is 8.56. The molecule has 2 heterocycles. The number of tetrazole rings is 1. The largest absolute Gasteiger partial charge is 0.335 e. The Hall–Kier alpha value is -3.95. The van der Waals surface area contributed by atoms with Gasteiger partial charge in [-0.1, -0.05) is 68.8 Å². The lowest BCUT2D eigenvalue weighted by Gasteiger charge is -2.11. The molecule has 10 heteroatoms. The van der Waals surface area contributed by atoms with Gasteiger partial charge < -0.3 is 0 Å². The van der Waals surface area contributed by atoms with Gasteiger partial charge in [-0.05, 0) is 41.2 Å². The molecule has 36 heavy (non-hydrogen) atoms. The van der Waals surface area contributed by atoms with Gasteiger partial charge in [-0.25, -0.2) is 18.1 Å². The fourth-order valence-corrected chi connectivity index (χ4v) is 4.35. The fraction of sp³-hybridized carbons (Fsp3) is 0.346. The maximum Gasteiger partial charge on any atom is 0.335 e. The summed E-state index contributed by atoms with van der Waals surface area (Å²) in [6.45, 7) is 3.82. The van der Waals surface area contributed by atoms with E-state index in [9.17, 15) is 18.4 Å². The number of carbonyl (C=O) groups excluding carboxylic acids is 1. The van der Waals surface area contributed by atoms with E-state index in [0.29, 0.717) is 29.7 Å². The minimum Gasteiger partial charge on any atom is -0.291 e. The van der Waals surface area contributed by atoms with Gasteiger partial charge in [0.25, 0.3) is 6.43 Å². The first-order valence-corrected chi connectivity index (χ1v) is 12.0. The van der Waals surface area contributed by atoms with Crippen LogP contribution in [0, 0.1) is 0 Å². The first-order valence-electron chi connectivity index (χ1n) is 12.0. The average Bonchev–Trinajstić information content (AvgIpc) is 3.51. The van der Waals surface area contributed by atoms with Gasteiger partial charge in [-0.3, -0.25) is 9.36 Å². The van der Waals surface area contributed by atoms with Gasteiger partial charge >= 0.3 is 5.69 Å². The summed E-state index contributed by atoms with van der Waals surface area (Å²) >= 11 is 0. The lowest BCUT2D eigenvalue weighted by Crippen LogP contribution is -2.30. The molecule has 0 fully saturated rings. The quantitative estimate of drug-likeness (QED) is 0.324. The number of alkyl halides is 2. The van der Waals surface area contributed by atoms with E-state index in [0.717, 1.165) is 28.7 Å². The summed E-state index contributed by atoms with van der Waals surface area (Å²) in [5.74, 6) is -0.123. The van der Waals surface area contributed by atoms with Gasteiger partial charge in [-0.15, -0.1) is 10.2 Å². The normalized spacial score (nSPS) is 11.4. The Balaban J connectivity index is 1.71. The van der Waals surface area contributed by atoms with E-state index in [1.807, 2.05) is 55.5 Å². The van der Waals surface area contributed by atoms with E-state index in [-0.39, 0.29) is 18.7 Å². The van der Waals surface area contributed by atoms with E-state index in [1.165, 1.54) is 4.57 Å². The van der Waals surface area contributed by atoms with Crippen LogP contribution >= 0.6 is 0 Å². The summed E-state index contributed by atoms with van der Waals surface area (Å²) in [5, 5.41) is 14.2. The average molecular weight is 495 g/mol. The fourth-order valence-electron chi connectivity index (χ4n) is 4.35. The van der Waals surface area contributed by atoms with Crippen molar-refractivity contribution < 1.29 is 13.6 Å². The Morgan fingerprint density at radius 1 is 1.03 bits per heavy atom. The zero-order chi connectivity index (χ0) is 25.7. The Labute approximate surface area is 207 Å². The number of nitrogens with one attached hydrogen (secondary N) is 1. The summed E-state index contributed by atoms with van der Waals surface area (Å²) < 4.78 is 30.2. The molecule has 0 amide bonds. The number of halogens is 2. The van der Waals surface area contributed by atoms with Crippen molar-refractivity contribution in [2.75, 3.05) is 0 Å². The number of nitrogens with zero attached hydrogens (tertiary/aromatic N) is 5. The molecule has 4 aromatic rings. The number of aromatic nitrogens is 6. The lowest BCUT2D eigenvalue weighted by molar-refractivity contribution is 0.0856. The maximum atomic E-state index is 14.1. The molecule has 8 nitrogen and oxygen atoms in total. The molecule has 0 atom stereocenters. The van der Waals surface area contributed by atoms with Crippen LogP contribution in [0.25, 0.3) is 22.5 Å². The van der Waals surface area contributed by atoms with Gasteiger partial charge in [0.05, 0.1) is 6.54 Å². The molecule has 0 bridgehead atoms. The molecule has 2 aromatic carbocycles. The number of carbonyl (C=O) groups is 1. The molecule has 0 aliphatic rings. The Morgan fingerprint density at radius 3 is 2.36 bits per heavy atom. The molecule has 0 aliphatic heterocycles. The van der Waals surface area contributed by atoms with Gasteiger partial charge in [0.15, 0.2) is 0 Å². The number of hydrogen-bond acceptors (Lipinski definition) is 5. The van der Waals surface area contributed by atoms with Crippen molar-refractivity contribution in [2.24, 2.45) is 0 Å². The highest BCUT2D eigenvalue weighted by atomic mass is 19.3. The van der Waals surface area contributed by atoms with Crippen molar-refractivity contribution in [3.8, 4) is 22.5 Å². The third-order valence-corrected chi connectivity index (χ3v) is 6.09. The topological polar surface area (TPSA) is 98.5 Å². The predicted molar refractivity (Wildman–Crippen MR) is 132 cm³/mol. The molecule has 0 saturated heterocycles. The van der Waals surface area contributed by atoms with Gasteiger partial charge in [0.1, 0.15) is 5.69 Å². The summed E-state index contributed by atoms with van der Waals surface area (Å²) in [4.78, 5) is 25.8. The Kier molecular flexibility index (Phi) is 7.82. The van der Waals surface area contributed by atoms with E-state index >= 15 is 0 Å². The van der Waals surface area contributed by atoms with E-state index in [4.69, 9.17) is 0 Å². The molecule has 0 saturated carbocycles. The van der Waals surface area contributed by atoms with Gasteiger partial charge in [0.2, 0.25) is 11.7 Å². The second kappa shape index (κ2) is 11.2. The maximum absolute atomic E-state index is 14.1. The third kappa shape index (κ3) is 5.02. The first kappa shape index (κ1) is 25.2. The lowest BCUT2D eigenvalue weighted by atomic mass is 9.98. The molecule has 0 aliphatic carbocycles. The van der Waals surface area contributed by atoms with Crippen LogP contribution in [0.4, 0.5) is 8.78 Å². The number of imidazole rings is 1. The highest BCUT2D eigenvalue weighted by Gasteiger charge is 2.29. The smallest absolute Gasteiger partial charge is 0.291 e. The molecule has 0 spiro atoms. The molecule has 1 N–H and O–H groups in total. The first-order chi connectivity index (χ1) is 17.5. The zero-order valence-corrected chi connectivity index (χ0v) is 20.2. The zero-order valence-electron chi connectivity index (χ0n) is 20.2. The van der Waals surface area contributed by atoms with Crippen molar-refractivity contribution in [3.63, 3.8) is 0 Å². The summed E-state index contributed by atoms with van der Waals surface area (Å²) in [5.41, 5.74) is 2.43. The van der Waals surface area contributed by atoms with Crippen LogP contribution in [0.1, 0.15) is 67.7 Å². The van der Waals surface area contributed by atoms with Crippen molar-refractivity contribution in [3.05, 3.63) is 76.0 Å².